The molecule has 1 aliphatic heterocycles. The smallest absolute Gasteiger partial charge is 0.229 e. The van der Waals surface area contributed by atoms with Gasteiger partial charge in [0.15, 0.2) is 0 Å². The van der Waals surface area contributed by atoms with Crippen LogP contribution in [0.25, 0.3) is 11.1 Å². The molecular weight excluding hydrogens is 393 g/mol. The molecule has 1 atom stereocenters. The van der Waals surface area contributed by atoms with Gasteiger partial charge >= 0.3 is 0 Å². The normalized spacial score (nSPS) is 16.0. The van der Waals surface area contributed by atoms with Crippen LogP contribution in [0, 0.1) is 11.7 Å². The summed E-state index contributed by atoms with van der Waals surface area (Å²) in [5, 5.41) is 2.98. The van der Waals surface area contributed by atoms with Gasteiger partial charge < -0.3 is 10.2 Å². The molecule has 2 heterocycles. The molecule has 5 nitrogen and oxygen atoms in total. The molecular formula is C25H24FN3O2. The predicted octanol–water partition coefficient (Wildman–Crippen LogP) is 4.31. The molecule has 0 radical (unpaired) electrons. The Balaban J connectivity index is 1.38. The van der Waals surface area contributed by atoms with Crippen LogP contribution >= 0.6 is 0 Å². The van der Waals surface area contributed by atoms with E-state index in [2.05, 4.69) is 10.3 Å². The van der Waals surface area contributed by atoms with E-state index in [1.807, 2.05) is 36.4 Å². The van der Waals surface area contributed by atoms with Crippen LogP contribution in [-0.4, -0.2) is 34.8 Å². The third kappa shape index (κ3) is 5.34. The number of rotatable bonds is 5. The minimum Gasteiger partial charge on any atom is -0.342 e. The number of aromatic nitrogens is 1. The van der Waals surface area contributed by atoms with Crippen molar-refractivity contribution in [3.05, 3.63) is 84.4 Å². The summed E-state index contributed by atoms with van der Waals surface area (Å²) < 4.78 is 13.2. The van der Waals surface area contributed by atoms with Gasteiger partial charge in [-0.15, -0.1) is 0 Å². The van der Waals surface area contributed by atoms with Crippen molar-refractivity contribution in [2.45, 2.75) is 19.3 Å². The molecule has 6 heteroatoms. The number of anilines is 1. The molecule has 3 aromatic rings. The Morgan fingerprint density at radius 3 is 2.68 bits per heavy atom. The van der Waals surface area contributed by atoms with Crippen molar-refractivity contribution in [3.63, 3.8) is 0 Å². The average molecular weight is 417 g/mol. The van der Waals surface area contributed by atoms with Crippen molar-refractivity contribution < 1.29 is 14.0 Å². The van der Waals surface area contributed by atoms with Crippen molar-refractivity contribution in [2.24, 2.45) is 5.92 Å². The standard InChI is InChI=1S/C25H24FN3O2/c26-22-10-8-19(9-11-22)20-5-1-7-23(15-20)28-25(31)21-6-3-13-29(17-21)24(30)14-18-4-2-12-27-16-18/h1-2,4-5,7-12,15-16,21H,3,6,13-14,17H2,(H,28,31)/t21-/m0/s1. The third-order valence-corrected chi connectivity index (χ3v) is 5.53. The summed E-state index contributed by atoms with van der Waals surface area (Å²) in [4.78, 5) is 31.4. The lowest BCUT2D eigenvalue weighted by Gasteiger charge is -2.32. The molecule has 0 bridgehead atoms. The van der Waals surface area contributed by atoms with Crippen molar-refractivity contribution in [2.75, 3.05) is 18.4 Å². The third-order valence-electron chi connectivity index (χ3n) is 5.53. The topological polar surface area (TPSA) is 62.3 Å². The highest BCUT2D eigenvalue weighted by Gasteiger charge is 2.28. The van der Waals surface area contributed by atoms with E-state index in [0.717, 1.165) is 29.5 Å². The highest BCUT2D eigenvalue weighted by Crippen LogP contribution is 2.24. The number of carbonyl (C=O) groups is 2. The molecule has 1 N–H and O–H groups in total. The molecule has 4 rings (SSSR count). The van der Waals surface area contributed by atoms with Crippen molar-refractivity contribution >= 4 is 17.5 Å². The van der Waals surface area contributed by atoms with Crippen LogP contribution in [0.15, 0.2) is 73.1 Å². The summed E-state index contributed by atoms with van der Waals surface area (Å²) in [6.45, 7) is 1.09. The molecule has 1 saturated heterocycles. The van der Waals surface area contributed by atoms with Gasteiger partial charge in [0.2, 0.25) is 11.8 Å². The number of hydrogen-bond acceptors (Lipinski definition) is 3. The number of amides is 2. The van der Waals surface area contributed by atoms with E-state index in [4.69, 9.17) is 0 Å². The number of benzene rings is 2. The Morgan fingerprint density at radius 1 is 1.06 bits per heavy atom. The Hall–Kier alpha value is -3.54. The molecule has 31 heavy (non-hydrogen) atoms. The van der Waals surface area contributed by atoms with Crippen LogP contribution < -0.4 is 5.32 Å². The van der Waals surface area contributed by atoms with E-state index in [1.54, 1.807) is 29.4 Å². The van der Waals surface area contributed by atoms with Crippen molar-refractivity contribution in [3.8, 4) is 11.1 Å². The fourth-order valence-corrected chi connectivity index (χ4v) is 3.87. The maximum Gasteiger partial charge on any atom is 0.229 e. The molecule has 2 amide bonds. The first-order valence-corrected chi connectivity index (χ1v) is 10.4. The number of hydrogen-bond donors (Lipinski definition) is 1. The molecule has 1 fully saturated rings. The Kier molecular flexibility index (Phi) is 6.36. The molecule has 0 unspecified atom stereocenters. The quantitative estimate of drug-likeness (QED) is 0.673. The van der Waals surface area contributed by atoms with E-state index >= 15 is 0 Å². The van der Waals surface area contributed by atoms with Crippen molar-refractivity contribution in [1.29, 1.82) is 0 Å². The number of nitrogens with one attached hydrogen (secondary N) is 1. The van der Waals surface area contributed by atoms with Crippen LogP contribution in [0.1, 0.15) is 18.4 Å². The molecule has 0 aliphatic carbocycles. The fourth-order valence-electron chi connectivity index (χ4n) is 3.87. The highest BCUT2D eigenvalue weighted by molar-refractivity contribution is 5.94. The van der Waals surface area contributed by atoms with Gasteiger partial charge in [-0.1, -0.05) is 30.3 Å². The molecule has 1 aliphatic rings. The average Bonchev–Trinajstić information content (AvgIpc) is 2.80. The number of likely N-dealkylation sites (tertiary alicyclic amines) is 1. The lowest BCUT2D eigenvalue weighted by molar-refractivity contribution is -0.133. The Bertz CT molecular complexity index is 1050. The van der Waals surface area contributed by atoms with E-state index in [0.29, 0.717) is 25.2 Å². The minimum atomic E-state index is -0.284. The van der Waals surface area contributed by atoms with Crippen LogP contribution in [0.2, 0.25) is 0 Å². The summed E-state index contributed by atoms with van der Waals surface area (Å²) >= 11 is 0. The van der Waals surface area contributed by atoms with Crippen LogP contribution in [0.5, 0.6) is 0 Å². The first kappa shape index (κ1) is 20.7. The number of carbonyl (C=O) groups excluding carboxylic acids is 2. The van der Waals surface area contributed by atoms with E-state index in [9.17, 15) is 14.0 Å². The minimum absolute atomic E-state index is 0.0174. The van der Waals surface area contributed by atoms with Gasteiger partial charge in [0.25, 0.3) is 0 Å². The maximum atomic E-state index is 13.2. The van der Waals surface area contributed by atoms with Crippen LogP contribution in [-0.2, 0) is 16.0 Å². The van der Waals surface area contributed by atoms with Gasteiger partial charge in [-0.05, 0) is 59.9 Å². The zero-order valence-corrected chi connectivity index (χ0v) is 17.1. The summed E-state index contributed by atoms with van der Waals surface area (Å²) in [5.41, 5.74) is 3.33. The molecule has 0 saturated carbocycles. The van der Waals surface area contributed by atoms with Gasteiger partial charge in [0.1, 0.15) is 5.82 Å². The summed E-state index contributed by atoms with van der Waals surface area (Å²) in [6, 6.07) is 17.4. The number of piperidine rings is 1. The highest BCUT2D eigenvalue weighted by atomic mass is 19.1. The van der Waals surface area contributed by atoms with Crippen LogP contribution in [0.4, 0.5) is 10.1 Å². The zero-order chi connectivity index (χ0) is 21.6. The van der Waals surface area contributed by atoms with Gasteiger partial charge in [0.05, 0.1) is 12.3 Å². The maximum absolute atomic E-state index is 13.2. The van der Waals surface area contributed by atoms with E-state index in [1.165, 1.54) is 12.1 Å². The lowest BCUT2D eigenvalue weighted by Crippen LogP contribution is -2.44. The second kappa shape index (κ2) is 9.51. The van der Waals surface area contributed by atoms with Crippen molar-refractivity contribution in [1.82, 2.24) is 9.88 Å². The summed E-state index contributed by atoms with van der Waals surface area (Å²) in [5.74, 6) is -0.604. The van der Waals surface area contributed by atoms with Gasteiger partial charge in [-0.3, -0.25) is 14.6 Å². The van der Waals surface area contributed by atoms with Crippen LogP contribution in [0.3, 0.4) is 0 Å². The Morgan fingerprint density at radius 2 is 1.90 bits per heavy atom. The van der Waals surface area contributed by atoms with E-state index < -0.39 is 0 Å². The molecule has 158 valence electrons. The number of halogens is 1. The monoisotopic (exact) mass is 417 g/mol. The Labute approximate surface area is 180 Å². The second-order valence-electron chi connectivity index (χ2n) is 7.79. The summed E-state index contributed by atoms with van der Waals surface area (Å²) in [6.07, 6.45) is 5.22. The fraction of sp³-hybridized carbons (Fsp3) is 0.240. The SMILES string of the molecule is O=C(Nc1cccc(-c2ccc(F)cc2)c1)[C@H]1CCCN(C(=O)Cc2cccnc2)C1. The lowest BCUT2D eigenvalue weighted by atomic mass is 9.96. The summed E-state index contributed by atoms with van der Waals surface area (Å²) in [7, 11) is 0. The number of nitrogens with zero attached hydrogens (tertiary/aromatic N) is 2. The molecule has 0 spiro atoms. The van der Waals surface area contributed by atoms with E-state index in [-0.39, 0.29) is 23.5 Å². The zero-order valence-electron chi connectivity index (χ0n) is 17.1. The molecule has 2 aromatic carbocycles. The first-order valence-electron chi connectivity index (χ1n) is 10.4. The number of pyridine rings is 1. The molecule has 1 aromatic heterocycles. The first-order chi connectivity index (χ1) is 15.1. The largest absolute Gasteiger partial charge is 0.342 e. The van der Waals surface area contributed by atoms with Gasteiger partial charge in [-0.25, -0.2) is 4.39 Å². The predicted molar refractivity (Wildman–Crippen MR) is 118 cm³/mol. The van der Waals surface area contributed by atoms with Gasteiger partial charge in [0, 0.05) is 31.2 Å². The second-order valence-corrected chi connectivity index (χ2v) is 7.79. The van der Waals surface area contributed by atoms with Gasteiger partial charge in [-0.2, -0.15) is 0 Å².